The normalized spacial score (nSPS) is 63.1. The summed E-state index contributed by atoms with van der Waals surface area (Å²) < 4.78 is 0. The highest BCUT2D eigenvalue weighted by Crippen LogP contribution is 2.71. The number of amides is 1. The molecule has 0 aromatic carbocycles. The second kappa shape index (κ2) is 2.01. The Morgan fingerprint density at radius 2 is 1.86 bits per heavy atom. The molecular formula is C11H15NO2. The van der Waals surface area contributed by atoms with Crippen LogP contribution in [0.3, 0.4) is 0 Å². The van der Waals surface area contributed by atoms with Crippen molar-refractivity contribution >= 4 is 5.91 Å². The summed E-state index contributed by atoms with van der Waals surface area (Å²) in [6.45, 7) is 0. The van der Waals surface area contributed by atoms with E-state index in [0.29, 0.717) is 11.8 Å². The van der Waals surface area contributed by atoms with Crippen LogP contribution >= 0.6 is 0 Å². The molecule has 3 heteroatoms. The van der Waals surface area contributed by atoms with E-state index < -0.39 is 6.23 Å². The van der Waals surface area contributed by atoms with Crippen LogP contribution in [0.1, 0.15) is 12.8 Å². The average molecular weight is 193 g/mol. The fourth-order valence-corrected chi connectivity index (χ4v) is 4.67. The van der Waals surface area contributed by atoms with E-state index in [1.165, 1.54) is 12.8 Å². The van der Waals surface area contributed by atoms with Gasteiger partial charge in [0.05, 0.1) is 0 Å². The van der Waals surface area contributed by atoms with Gasteiger partial charge in [0.25, 0.3) is 0 Å². The number of aliphatic hydroxyl groups is 1. The Morgan fingerprint density at radius 1 is 1.21 bits per heavy atom. The summed E-state index contributed by atoms with van der Waals surface area (Å²) in [7, 11) is 1.75. The van der Waals surface area contributed by atoms with Gasteiger partial charge in [0, 0.05) is 18.9 Å². The molecule has 2 bridgehead atoms. The molecule has 76 valence electrons. The monoisotopic (exact) mass is 193 g/mol. The van der Waals surface area contributed by atoms with Gasteiger partial charge in [0.2, 0.25) is 5.91 Å². The lowest BCUT2D eigenvalue weighted by Crippen LogP contribution is -2.33. The highest BCUT2D eigenvalue weighted by Gasteiger charge is 2.70. The Hall–Kier alpha value is -0.570. The van der Waals surface area contributed by atoms with Gasteiger partial charge < -0.3 is 10.0 Å². The molecule has 0 aromatic rings. The molecule has 3 aliphatic carbocycles. The standard InChI is InChI=1S/C11H15NO2/c1-12-10(13)8-6-3-7(5-2-4(5)6)9(8)11(12)14/h4-10,13H,2-3H2,1H3/t4?,5-,6?,7?,8?,9?,10-/m1/s1. The van der Waals surface area contributed by atoms with E-state index in [9.17, 15) is 9.90 Å². The number of carbonyl (C=O) groups excluding carboxylic acids is 1. The van der Waals surface area contributed by atoms with Gasteiger partial charge in [-0.1, -0.05) is 0 Å². The smallest absolute Gasteiger partial charge is 0.228 e. The number of carbonyl (C=O) groups is 1. The Balaban J connectivity index is 1.79. The van der Waals surface area contributed by atoms with Crippen LogP contribution in [0, 0.1) is 35.5 Å². The first kappa shape index (κ1) is 7.69. The number of fused-ring (bicyclic) bond motifs is 8. The second-order valence-electron chi connectivity index (χ2n) is 5.59. The zero-order chi connectivity index (χ0) is 9.61. The molecule has 1 N–H and O–H groups in total. The summed E-state index contributed by atoms with van der Waals surface area (Å²) in [5.41, 5.74) is 0. The fraction of sp³-hybridized carbons (Fsp3) is 0.909. The molecule has 0 aromatic heterocycles. The van der Waals surface area contributed by atoms with Crippen molar-refractivity contribution in [2.24, 2.45) is 35.5 Å². The lowest BCUT2D eigenvalue weighted by Gasteiger charge is -2.24. The fourth-order valence-electron chi connectivity index (χ4n) is 4.67. The Kier molecular flexibility index (Phi) is 1.10. The summed E-state index contributed by atoms with van der Waals surface area (Å²) >= 11 is 0. The first-order valence-electron chi connectivity index (χ1n) is 5.65. The maximum absolute atomic E-state index is 11.9. The van der Waals surface area contributed by atoms with Gasteiger partial charge in [-0.05, 0) is 36.5 Å². The zero-order valence-corrected chi connectivity index (χ0v) is 8.26. The van der Waals surface area contributed by atoms with E-state index in [1.807, 2.05) is 0 Å². The van der Waals surface area contributed by atoms with E-state index in [-0.39, 0.29) is 17.7 Å². The van der Waals surface area contributed by atoms with Crippen LogP contribution < -0.4 is 0 Å². The predicted octanol–water partition coefficient (Wildman–Crippen LogP) is 0.295. The minimum absolute atomic E-state index is 0.184. The molecule has 4 rings (SSSR count). The van der Waals surface area contributed by atoms with Crippen LogP contribution in [0.4, 0.5) is 0 Å². The molecule has 3 nitrogen and oxygen atoms in total. The topological polar surface area (TPSA) is 40.5 Å². The molecule has 1 aliphatic heterocycles. The molecule has 5 unspecified atom stereocenters. The van der Waals surface area contributed by atoms with Crippen LogP contribution in [-0.4, -0.2) is 29.2 Å². The Morgan fingerprint density at radius 3 is 2.64 bits per heavy atom. The lowest BCUT2D eigenvalue weighted by molar-refractivity contribution is -0.135. The number of rotatable bonds is 0. The van der Waals surface area contributed by atoms with Crippen molar-refractivity contribution in [2.45, 2.75) is 19.1 Å². The SMILES string of the molecule is CN1C(=O)C2C3CC(C4C[C@H]43)C2[C@H]1O. The maximum atomic E-state index is 11.9. The third-order valence-electron chi connectivity index (χ3n) is 5.28. The minimum Gasteiger partial charge on any atom is -0.373 e. The van der Waals surface area contributed by atoms with Gasteiger partial charge in [-0.3, -0.25) is 4.79 Å². The Labute approximate surface area is 83.1 Å². The van der Waals surface area contributed by atoms with E-state index in [1.54, 1.807) is 11.9 Å². The molecule has 7 atom stereocenters. The summed E-state index contributed by atoms with van der Waals surface area (Å²) in [4.78, 5) is 13.5. The number of likely N-dealkylation sites (tertiary alicyclic amines) is 1. The Bertz CT molecular complexity index is 329. The first-order valence-corrected chi connectivity index (χ1v) is 5.65. The molecule has 4 aliphatic rings. The second-order valence-corrected chi connectivity index (χ2v) is 5.59. The van der Waals surface area contributed by atoms with E-state index in [4.69, 9.17) is 0 Å². The quantitative estimate of drug-likeness (QED) is 0.601. The highest BCUT2D eigenvalue weighted by atomic mass is 16.3. The van der Waals surface area contributed by atoms with Crippen LogP contribution in [-0.2, 0) is 4.79 Å². The number of aliphatic hydroxyl groups excluding tert-OH is 1. The van der Waals surface area contributed by atoms with Crippen LogP contribution in [0.25, 0.3) is 0 Å². The molecule has 1 saturated heterocycles. The number of hydrogen-bond acceptors (Lipinski definition) is 2. The minimum atomic E-state index is -0.482. The lowest BCUT2D eigenvalue weighted by atomic mass is 9.81. The van der Waals surface area contributed by atoms with Crippen LogP contribution in [0.15, 0.2) is 0 Å². The van der Waals surface area contributed by atoms with Gasteiger partial charge in [0.1, 0.15) is 6.23 Å². The van der Waals surface area contributed by atoms with Gasteiger partial charge >= 0.3 is 0 Å². The van der Waals surface area contributed by atoms with Gasteiger partial charge in [-0.2, -0.15) is 0 Å². The summed E-state index contributed by atoms with van der Waals surface area (Å²) in [5, 5.41) is 10.0. The third-order valence-corrected chi connectivity index (χ3v) is 5.28. The number of nitrogens with zero attached hydrogens (tertiary/aromatic N) is 1. The van der Waals surface area contributed by atoms with Crippen LogP contribution in [0.5, 0.6) is 0 Å². The predicted molar refractivity (Wildman–Crippen MR) is 49.0 cm³/mol. The van der Waals surface area contributed by atoms with Crippen LogP contribution in [0.2, 0.25) is 0 Å². The van der Waals surface area contributed by atoms with Gasteiger partial charge in [-0.25, -0.2) is 0 Å². The van der Waals surface area contributed by atoms with E-state index in [2.05, 4.69) is 0 Å². The molecule has 14 heavy (non-hydrogen) atoms. The van der Waals surface area contributed by atoms with Crippen molar-refractivity contribution in [1.29, 1.82) is 0 Å². The molecule has 0 radical (unpaired) electrons. The summed E-state index contributed by atoms with van der Waals surface area (Å²) in [5.74, 6) is 3.69. The molecule has 1 amide bonds. The van der Waals surface area contributed by atoms with Crippen molar-refractivity contribution in [2.75, 3.05) is 7.05 Å². The zero-order valence-electron chi connectivity index (χ0n) is 8.26. The summed E-state index contributed by atoms with van der Waals surface area (Å²) in [6.07, 6.45) is 2.08. The molecule has 1 heterocycles. The molecule has 3 saturated carbocycles. The maximum Gasteiger partial charge on any atom is 0.228 e. The van der Waals surface area contributed by atoms with Crippen molar-refractivity contribution in [1.82, 2.24) is 4.90 Å². The van der Waals surface area contributed by atoms with Crippen molar-refractivity contribution in [3.63, 3.8) is 0 Å². The van der Waals surface area contributed by atoms with Crippen molar-refractivity contribution < 1.29 is 9.90 Å². The molecular weight excluding hydrogens is 178 g/mol. The van der Waals surface area contributed by atoms with Crippen molar-refractivity contribution in [3.05, 3.63) is 0 Å². The van der Waals surface area contributed by atoms with Crippen molar-refractivity contribution in [3.8, 4) is 0 Å². The molecule has 0 spiro atoms. The van der Waals surface area contributed by atoms with Gasteiger partial charge in [0.15, 0.2) is 0 Å². The average Bonchev–Trinajstić information content (AvgIpc) is 2.74. The third kappa shape index (κ3) is 0.602. The summed E-state index contributed by atoms with van der Waals surface area (Å²) in [6, 6.07) is 0. The van der Waals surface area contributed by atoms with Gasteiger partial charge in [-0.15, -0.1) is 0 Å². The number of hydrogen-bond donors (Lipinski definition) is 1. The molecule has 4 fully saturated rings. The highest BCUT2D eigenvalue weighted by molar-refractivity contribution is 5.82. The largest absolute Gasteiger partial charge is 0.373 e. The first-order chi connectivity index (χ1) is 6.70. The van der Waals surface area contributed by atoms with E-state index in [0.717, 1.165) is 11.8 Å². The van der Waals surface area contributed by atoms with E-state index >= 15 is 0 Å².